The number of β-amino-alcohol motifs (C(OH)–C–C–N with tert-alkyl or cyclic N) is 1. The lowest BCUT2D eigenvalue weighted by atomic mass is 9.84. The van der Waals surface area contributed by atoms with Crippen molar-refractivity contribution in [1.29, 1.82) is 0 Å². The molecule has 1 amide bonds. The molecule has 0 heterocycles. The van der Waals surface area contributed by atoms with E-state index in [2.05, 4.69) is 10.6 Å². The highest BCUT2D eigenvalue weighted by Crippen LogP contribution is 2.29. The third-order valence-corrected chi connectivity index (χ3v) is 6.23. The van der Waals surface area contributed by atoms with E-state index < -0.39 is 22.8 Å². The van der Waals surface area contributed by atoms with E-state index in [1.54, 1.807) is 0 Å². The van der Waals surface area contributed by atoms with Crippen molar-refractivity contribution in [2.24, 2.45) is 5.92 Å². The molecule has 3 unspecified atom stereocenters. The molecule has 34 heavy (non-hydrogen) atoms. The van der Waals surface area contributed by atoms with Gasteiger partial charge >= 0.3 is 0 Å². The van der Waals surface area contributed by atoms with Crippen LogP contribution in [0, 0.1) is 16.0 Å². The van der Waals surface area contributed by atoms with Crippen molar-refractivity contribution in [1.82, 2.24) is 10.6 Å². The molecule has 2 aromatic carbocycles. The first-order chi connectivity index (χ1) is 16.2. The Kier molecular flexibility index (Phi) is 9.06. The predicted molar refractivity (Wildman–Crippen MR) is 129 cm³/mol. The summed E-state index contributed by atoms with van der Waals surface area (Å²) < 4.78 is 5.85. The van der Waals surface area contributed by atoms with Crippen LogP contribution in [0.1, 0.15) is 46.0 Å². The molecule has 0 aliphatic heterocycles. The Bertz CT molecular complexity index is 961. The Balaban J connectivity index is 1.40. The largest absolute Gasteiger partial charge is 0.490 e. The maximum Gasteiger partial charge on any atom is 0.294 e. The van der Waals surface area contributed by atoms with E-state index in [-0.39, 0.29) is 24.9 Å². The summed E-state index contributed by atoms with van der Waals surface area (Å²) in [7, 11) is 0. The van der Waals surface area contributed by atoms with E-state index in [0.29, 0.717) is 19.5 Å². The van der Waals surface area contributed by atoms with Crippen LogP contribution in [0.4, 0.5) is 0 Å². The number of aliphatic hydroxyl groups is 1. The van der Waals surface area contributed by atoms with Gasteiger partial charge in [0.05, 0.1) is 0 Å². The maximum atomic E-state index is 12.5. The summed E-state index contributed by atoms with van der Waals surface area (Å²) in [5.74, 6) is 0.424. The molecule has 3 rings (SSSR count). The summed E-state index contributed by atoms with van der Waals surface area (Å²) in [6.45, 7) is 4.67. The number of aliphatic hydroxyl groups excluding tert-OH is 1. The summed E-state index contributed by atoms with van der Waals surface area (Å²) in [6.07, 6.45) is 2.13. The Morgan fingerprint density at radius 1 is 1.21 bits per heavy atom. The Morgan fingerprint density at radius 2 is 1.94 bits per heavy atom. The van der Waals surface area contributed by atoms with Gasteiger partial charge in [-0.3, -0.25) is 4.79 Å². The molecule has 186 valence electrons. The van der Waals surface area contributed by atoms with E-state index in [9.17, 15) is 20.0 Å². The molecule has 2 aromatic rings. The van der Waals surface area contributed by atoms with Crippen LogP contribution in [-0.4, -0.2) is 53.5 Å². The summed E-state index contributed by atoms with van der Waals surface area (Å²) in [5, 5.41) is 28.6. The fraction of sp³-hybridized carbons (Fsp3) is 0.560. The molecule has 3 atom stereocenters. The molecule has 9 nitrogen and oxygen atoms in total. The summed E-state index contributed by atoms with van der Waals surface area (Å²) in [4.78, 5) is 28.0. The number of benzene rings is 2. The van der Waals surface area contributed by atoms with Crippen molar-refractivity contribution in [2.75, 3.05) is 19.7 Å². The molecule has 1 aliphatic carbocycles. The number of nitrogens with one attached hydrogen (secondary N) is 2. The lowest BCUT2D eigenvalue weighted by Gasteiger charge is -2.31. The van der Waals surface area contributed by atoms with Crippen LogP contribution < -0.4 is 15.4 Å². The zero-order valence-electron chi connectivity index (χ0n) is 19.9. The average Bonchev–Trinajstić information content (AvgIpc) is 2.81. The molecule has 3 N–H and O–H groups in total. The number of carbonyl (C=O) groups is 1. The normalized spacial score (nSPS) is 19.4. The van der Waals surface area contributed by atoms with Gasteiger partial charge in [0.2, 0.25) is 5.91 Å². The zero-order chi connectivity index (χ0) is 24.6. The number of carbonyl (C=O) groups excluding carboxylic acids is 1. The van der Waals surface area contributed by atoms with Crippen molar-refractivity contribution >= 4 is 16.7 Å². The number of hydrogen-bond acceptors (Lipinski definition) is 7. The van der Waals surface area contributed by atoms with Crippen molar-refractivity contribution in [3.8, 4) is 5.75 Å². The van der Waals surface area contributed by atoms with E-state index in [4.69, 9.17) is 9.57 Å². The topological polar surface area (TPSA) is 123 Å². The van der Waals surface area contributed by atoms with Crippen molar-refractivity contribution in [2.45, 2.75) is 63.7 Å². The Labute approximate surface area is 199 Å². The monoisotopic (exact) mass is 473 g/mol. The first-order valence-corrected chi connectivity index (χ1v) is 11.8. The molecule has 9 heteroatoms. The molecular formula is C25H35N3O6. The smallest absolute Gasteiger partial charge is 0.294 e. The van der Waals surface area contributed by atoms with Crippen LogP contribution in [-0.2, 0) is 9.63 Å². The minimum atomic E-state index is -0.761. The summed E-state index contributed by atoms with van der Waals surface area (Å²) in [5.41, 5.74) is -0.459. The van der Waals surface area contributed by atoms with E-state index in [0.717, 1.165) is 35.8 Å². The molecule has 0 spiro atoms. The molecule has 0 aromatic heterocycles. The summed E-state index contributed by atoms with van der Waals surface area (Å²) in [6, 6.07) is 13.7. The first kappa shape index (κ1) is 25.7. The van der Waals surface area contributed by atoms with E-state index in [1.807, 2.05) is 56.3 Å². The van der Waals surface area contributed by atoms with Crippen molar-refractivity contribution in [3.05, 3.63) is 52.6 Å². The van der Waals surface area contributed by atoms with Crippen LogP contribution in [0.15, 0.2) is 42.5 Å². The zero-order valence-corrected chi connectivity index (χ0v) is 19.9. The molecule has 1 aliphatic rings. The van der Waals surface area contributed by atoms with Gasteiger partial charge in [-0.05, 0) is 44.1 Å². The van der Waals surface area contributed by atoms with Gasteiger partial charge in [-0.15, -0.1) is 10.1 Å². The minimum Gasteiger partial charge on any atom is -0.490 e. The van der Waals surface area contributed by atoms with Crippen LogP contribution >= 0.6 is 0 Å². The molecule has 0 saturated heterocycles. The number of ether oxygens (including phenoxy) is 1. The number of nitrogens with zero attached hydrogens (tertiary/aromatic N) is 1. The average molecular weight is 474 g/mol. The van der Waals surface area contributed by atoms with Crippen LogP contribution in [0.2, 0.25) is 0 Å². The predicted octanol–water partition coefficient (Wildman–Crippen LogP) is 3.22. The van der Waals surface area contributed by atoms with Crippen molar-refractivity contribution < 1.29 is 24.6 Å². The standard InChI is InChI=1S/C25H35N3O6/c1-25(2,17-26-24(30)14-19-9-4-6-12-22(19)34-28(31)32)27-15-20(29)16-33-23-13-7-10-18-8-3-5-11-21(18)23/h3,5,7-8,10-11,13,19-20,22,27,29H,4,6,9,12,14-17H2,1-2H3,(H,26,30). The van der Waals surface area contributed by atoms with Gasteiger partial charge in [-0.2, -0.15) is 0 Å². The lowest BCUT2D eigenvalue weighted by Crippen LogP contribution is -2.52. The second kappa shape index (κ2) is 12.0. The van der Waals surface area contributed by atoms with Gasteiger partial charge in [0.1, 0.15) is 24.6 Å². The fourth-order valence-electron chi connectivity index (χ4n) is 4.31. The molecular weight excluding hydrogens is 438 g/mol. The Morgan fingerprint density at radius 3 is 2.74 bits per heavy atom. The van der Waals surface area contributed by atoms with Gasteiger partial charge in [0.25, 0.3) is 5.09 Å². The molecule has 1 fully saturated rings. The van der Waals surface area contributed by atoms with Gasteiger partial charge in [0.15, 0.2) is 0 Å². The first-order valence-electron chi connectivity index (χ1n) is 11.8. The SMILES string of the molecule is CC(C)(CNC(=O)CC1CCCCC1O[N+](=O)[O-])NCC(O)COc1cccc2ccccc12. The highest BCUT2D eigenvalue weighted by molar-refractivity contribution is 5.88. The quantitative estimate of drug-likeness (QED) is 0.319. The van der Waals surface area contributed by atoms with Gasteiger partial charge in [-0.1, -0.05) is 49.2 Å². The van der Waals surface area contributed by atoms with Crippen LogP contribution in [0.3, 0.4) is 0 Å². The minimum absolute atomic E-state index is 0.142. The third-order valence-electron chi connectivity index (χ3n) is 6.23. The number of hydrogen-bond donors (Lipinski definition) is 3. The molecule has 1 saturated carbocycles. The maximum absolute atomic E-state index is 12.5. The van der Waals surface area contributed by atoms with Gasteiger partial charge in [0, 0.05) is 30.4 Å². The molecule has 0 bridgehead atoms. The third kappa shape index (κ3) is 7.85. The van der Waals surface area contributed by atoms with E-state index in [1.165, 1.54) is 0 Å². The lowest BCUT2D eigenvalue weighted by molar-refractivity contribution is -0.771. The second-order valence-electron chi connectivity index (χ2n) is 9.60. The second-order valence-corrected chi connectivity index (χ2v) is 9.60. The van der Waals surface area contributed by atoms with Gasteiger partial charge in [-0.25, -0.2) is 0 Å². The van der Waals surface area contributed by atoms with Crippen molar-refractivity contribution in [3.63, 3.8) is 0 Å². The van der Waals surface area contributed by atoms with Gasteiger partial charge < -0.3 is 25.3 Å². The highest BCUT2D eigenvalue weighted by atomic mass is 17.0. The number of rotatable bonds is 12. The number of fused-ring (bicyclic) bond motifs is 1. The molecule has 0 radical (unpaired) electrons. The Hall–Kier alpha value is -2.91. The van der Waals surface area contributed by atoms with E-state index >= 15 is 0 Å². The summed E-state index contributed by atoms with van der Waals surface area (Å²) >= 11 is 0. The van der Waals surface area contributed by atoms with Crippen LogP contribution in [0.25, 0.3) is 10.8 Å². The fourth-order valence-corrected chi connectivity index (χ4v) is 4.31. The highest BCUT2D eigenvalue weighted by Gasteiger charge is 2.30. The van der Waals surface area contributed by atoms with Crippen LogP contribution in [0.5, 0.6) is 5.75 Å². The number of amides is 1.